The fraction of sp³-hybridized carbons (Fsp3) is 0.714. The number of alkyl halides is 3. The van der Waals surface area contributed by atoms with E-state index in [9.17, 15) is 22.8 Å². The molecule has 88 valence electrons. The van der Waals surface area contributed by atoms with E-state index in [0.29, 0.717) is 0 Å². The molecular weight excluding hydrogens is 219 g/mol. The van der Waals surface area contributed by atoms with Crippen LogP contribution in [0.5, 0.6) is 0 Å². The highest BCUT2D eigenvalue weighted by atomic mass is 19.4. The number of nitrogens with one attached hydrogen (secondary N) is 1. The van der Waals surface area contributed by atoms with Crippen LogP contribution in [0.4, 0.5) is 13.2 Å². The molecule has 15 heavy (non-hydrogen) atoms. The lowest BCUT2D eigenvalue weighted by molar-refractivity contribution is -0.144. The van der Waals surface area contributed by atoms with Crippen LogP contribution in [-0.4, -0.2) is 40.9 Å². The van der Waals surface area contributed by atoms with Gasteiger partial charge in [-0.1, -0.05) is 0 Å². The minimum Gasteiger partial charge on any atom is -0.481 e. The largest absolute Gasteiger partial charge is 0.481 e. The fourth-order valence-electron chi connectivity index (χ4n) is 0.820. The lowest BCUT2D eigenvalue weighted by Crippen LogP contribution is -2.42. The topological polar surface area (TPSA) is 86.6 Å². The SMILES string of the molecule is O=C(O)CC[C@H](NCC(F)(F)F)C(=O)O. The van der Waals surface area contributed by atoms with Gasteiger partial charge in [0.2, 0.25) is 0 Å². The molecular formula is C7H10F3NO4. The quantitative estimate of drug-likeness (QED) is 0.615. The van der Waals surface area contributed by atoms with Crippen LogP contribution in [0.1, 0.15) is 12.8 Å². The predicted octanol–water partition coefficient (Wildman–Crippen LogP) is 0.456. The molecule has 0 aromatic carbocycles. The highest BCUT2D eigenvalue weighted by molar-refractivity contribution is 5.75. The highest BCUT2D eigenvalue weighted by Crippen LogP contribution is 2.13. The van der Waals surface area contributed by atoms with E-state index in [0.717, 1.165) is 0 Å². The van der Waals surface area contributed by atoms with Crippen molar-refractivity contribution < 1.29 is 33.0 Å². The Labute approximate surface area is 82.9 Å². The zero-order chi connectivity index (χ0) is 12.1. The number of hydrogen-bond acceptors (Lipinski definition) is 3. The van der Waals surface area contributed by atoms with Crippen LogP contribution in [-0.2, 0) is 9.59 Å². The van der Waals surface area contributed by atoms with Gasteiger partial charge in [-0.2, -0.15) is 13.2 Å². The standard InChI is InChI=1S/C7H10F3NO4/c8-7(9,10)3-11-4(6(14)15)1-2-5(12)13/h4,11H,1-3H2,(H,12,13)(H,14,15)/t4-/m0/s1. The van der Waals surface area contributed by atoms with Crippen molar-refractivity contribution in [1.29, 1.82) is 0 Å². The first-order valence-corrected chi connectivity index (χ1v) is 3.97. The average Bonchev–Trinajstić information content (AvgIpc) is 2.00. The Bertz CT molecular complexity index is 241. The van der Waals surface area contributed by atoms with Gasteiger partial charge in [-0.25, -0.2) is 0 Å². The summed E-state index contributed by atoms with van der Waals surface area (Å²) in [4.78, 5) is 20.5. The molecule has 0 radical (unpaired) electrons. The number of carboxylic acids is 2. The second kappa shape index (κ2) is 5.54. The Balaban J connectivity index is 4.06. The van der Waals surface area contributed by atoms with Crippen molar-refractivity contribution in [3.63, 3.8) is 0 Å². The lowest BCUT2D eigenvalue weighted by Gasteiger charge is -2.14. The normalized spacial score (nSPS) is 13.5. The Morgan fingerprint density at radius 1 is 1.27 bits per heavy atom. The first kappa shape index (κ1) is 13.7. The molecule has 0 aliphatic carbocycles. The average molecular weight is 229 g/mol. The zero-order valence-corrected chi connectivity index (χ0v) is 7.54. The molecule has 0 rings (SSSR count). The number of halogens is 3. The van der Waals surface area contributed by atoms with Gasteiger partial charge in [-0.3, -0.25) is 14.9 Å². The van der Waals surface area contributed by atoms with Gasteiger partial charge in [0.25, 0.3) is 0 Å². The van der Waals surface area contributed by atoms with Crippen molar-refractivity contribution in [3.8, 4) is 0 Å². The van der Waals surface area contributed by atoms with E-state index in [4.69, 9.17) is 10.2 Å². The molecule has 0 spiro atoms. The molecule has 0 aliphatic heterocycles. The second-order valence-corrected chi connectivity index (χ2v) is 2.82. The first-order chi connectivity index (χ1) is 6.72. The van der Waals surface area contributed by atoms with Gasteiger partial charge in [-0.15, -0.1) is 0 Å². The van der Waals surface area contributed by atoms with Crippen LogP contribution in [0.15, 0.2) is 0 Å². The number of carbonyl (C=O) groups is 2. The van der Waals surface area contributed by atoms with Gasteiger partial charge in [0.05, 0.1) is 6.54 Å². The molecule has 0 fully saturated rings. The summed E-state index contributed by atoms with van der Waals surface area (Å²) in [5.74, 6) is -2.75. The van der Waals surface area contributed by atoms with E-state index in [2.05, 4.69) is 0 Å². The fourth-order valence-corrected chi connectivity index (χ4v) is 0.820. The van der Waals surface area contributed by atoms with Crippen LogP contribution in [0.2, 0.25) is 0 Å². The molecule has 0 unspecified atom stereocenters. The molecule has 1 atom stereocenters. The van der Waals surface area contributed by atoms with Crippen LogP contribution in [0.3, 0.4) is 0 Å². The maximum Gasteiger partial charge on any atom is 0.401 e. The van der Waals surface area contributed by atoms with Gasteiger partial charge in [0, 0.05) is 6.42 Å². The summed E-state index contributed by atoms with van der Waals surface area (Å²) >= 11 is 0. The van der Waals surface area contributed by atoms with Gasteiger partial charge in [-0.05, 0) is 6.42 Å². The van der Waals surface area contributed by atoms with Gasteiger partial charge < -0.3 is 10.2 Å². The molecule has 0 aliphatic rings. The first-order valence-electron chi connectivity index (χ1n) is 3.97. The number of carboxylic acid groups (broad SMARTS) is 2. The lowest BCUT2D eigenvalue weighted by atomic mass is 10.1. The Hall–Kier alpha value is -1.31. The summed E-state index contributed by atoms with van der Waals surface area (Å²) < 4.78 is 35.1. The van der Waals surface area contributed by atoms with E-state index in [-0.39, 0.29) is 6.42 Å². The third-order valence-electron chi connectivity index (χ3n) is 1.49. The van der Waals surface area contributed by atoms with Crippen LogP contribution in [0.25, 0.3) is 0 Å². The van der Waals surface area contributed by atoms with Crippen molar-refractivity contribution in [2.24, 2.45) is 0 Å². The van der Waals surface area contributed by atoms with Crippen LogP contribution in [0, 0.1) is 0 Å². The molecule has 0 heterocycles. The number of aliphatic carboxylic acids is 2. The van der Waals surface area contributed by atoms with Crippen molar-refractivity contribution in [1.82, 2.24) is 5.32 Å². The van der Waals surface area contributed by atoms with E-state index in [1.807, 2.05) is 0 Å². The van der Waals surface area contributed by atoms with E-state index in [1.165, 1.54) is 0 Å². The van der Waals surface area contributed by atoms with E-state index >= 15 is 0 Å². The highest BCUT2D eigenvalue weighted by Gasteiger charge is 2.30. The van der Waals surface area contributed by atoms with Crippen molar-refractivity contribution in [2.75, 3.05) is 6.54 Å². The van der Waals surface area contributed by atoms with Crippen molar-refractivity contribution in [3.05, 3.63) is 0 Å². The summed E-state index contributed by atoms with van der Waals surface area (Å²) in [5, 5.41) is 18.4. The molecule has 0 aromatic heterocycles. The number of rotatable bonds is 6. The zero-order valence-electron chi connectivity index (χ0n) is 7.54. The van der Waals surface area contributed by atoms with Crippen LogP contribution < -0.4 is 5.32 Å². The van der Waals surface area contributed by atoms with E-state index in [1.54, 1.807) is 5.32 Å². The van der Waals surface area contributed by atoms with Gasteiger partial charge in [0.1, 0.15) is 6.04 Å². The molecule has 3 N–H and O–H groups in total. The monoisotopic (exact) mass is 229 g/mol. The third kappa shape index (κ3) is 7.74. The predicted molar refractivity (Wildman–Crippen MR) is 42.4 cm³/mol. The Morgan fingerprint density at radius 3 is 2.13 bits per heavy atom. The minimum atomic E-state index is -4.52. The molecule has 0 bridgehead atoms. The summed E-state index contributed by atoms with van der Waals surface area (Å²) in [7, 11) is 0. The van der Waals surface area contributed by atoms with Gasteiger partial charge >= 0.3 is 18.1 Å². The molecule has 0 saturated carbocycles. The van der Waals surface area contributed by atoms with Crippen molar-refractivity contribution >= 4 is 11.9 Å². The molecule has 8 heteroatoms. The summed E-state index contributed by atoms with van der Waals surface area (Å²) in [6.45, 7) is -1.45. The Morgan fingerprint density at radius 2 is 1.80 bits per heavy atom. The molecule has 0 saturated heterocycles. The third-order valence-corrected chi connectivity index (χ3v) is 1.49. The summed E-state index contributed by atoms with van der Waals surface area (Å²) in [6.07, 6.45) is -5.40. The molecule has 0 amide bonds. The maximum absolute atomic E-state index is 11.7. The maximum atomic E-state index is 11.7. The smallest absolute Gasteiger partial charge is 0.401 e. The summed E-state index contributed by atoms with van der Waals surface area (Å²) in [5.41, 5.74) is 0. The number of hydrogen-bond donors (Lipinski definition) is 3. The van der Waals surface area contributed by atoms with Gasteiger partial charge in [0.15, 0.2) is 0 Å². The second-order valence-electron chi connectivity index (χ2n) is 2.82. The van der Waals surface area contributed by atoms with E-state index < -0.39 is 37.1 Å². The Kier molecular flexibility index (Phi) is 5.06. The van der Waals surface area contributed by atoms with Crippen LogP contribution >= 0.6 is 0 Å². The van der Waals surface area contributed by atoms with Crippen molar-refractivity contribution in [2.45, 2.75) is 25.1 Å². The molecule has 5 nitrogen and oxygen atoms in total. The summed E-state index contributed by atoms with van der Waals surface area (Å²) in [6, 6.07) is -1.50. The minimum absolute atomic E-state index is 0.388. The molecule has 0 aromatic rings.